The average molecular weight is 416 g/mol. The van der Waals surface area contributed by atoms with Crippen LogP contribution in [-0.2, 0) is 6.54 Å². The van der Waals surface area contributed by atoms with E-state index < -0.39 is 11.6 Å². The lowest BCUT2D eigenvalue weighted by atomic mass is 9.98. The third-order valence-electron chi connectivity index (χ3n) is 4.35. The predicted molar refractivity (Wildman–Crippen MR) is 111 cm³/mol. The summed E-state index contributed by atoms with van der Waals surface area (Å²) in [5, 5.41) is 6.43. The molecule has 29 heavy (non-hydrogen) atoms. The molecular weight excluding hydrogens is 396 g/mol. The Labute approximate surface area is 172 Å². The van der Waals surface area contributed by atoms with E-state index in [0.717, 1.165) is 23.4 Å². The number of rotatable bonds is 6. The van der Waals surface area contributed by atoms with Crippen molar-refractivity contribution in [3.05, 3.63) is 88.1 Å². The van der Waals surface area contributed by atoms with Gasteiger partial charge in [0.25, 0.3) is 5.91 Å². The second kappa shape index (κ2) is 9.01. The SMILES string of the molecule is CC(C)c1cc(Nc2cccc(Cl)c2)ncc1C(=O)NCc1ccc(F)cc1F. The number of nitrogens with zero attached hydrogens (tertiary/aromatic N) is 1. The summed E-state index contributed by atoms with van der Waals surface area (Å²) in [5.74, 6) is -1.10. The van der Waals surface area contributed by atoms with Crippen molar-refractivity contribution in [3.63, 3.8) is 0 Å². The van der Waals surface area contributed by atoms with Crippen molar-refractivity contribution in [3.8, 4) is 0 Å². The summed E-state index contributed by atoms with van der Waals surface area (Å²) in [5.41, 5.74) is 2.18. The molecule has 2 aromatic carbocycles. The van der Waals surface area contributed by atoms with Gasteiger partial charge >= 0.3 is 0 Å². The molecule has 0 radical (unpaired) electrons. The molecular formula is C22H20ClF2N3O. The molecule has 0 aliphatic heterocycles. The highest BCUT2D eigenvalue weighted by atomic mass is 35.5. The van der Waals surface area contributed by atoms with Gasteiger partial charge in [0.15, 0.2) is 0 Å². The minimum Gasteiger partial charge on any atom is -0.348 e. The Morgan fingerprint density at radius 3 is 2.62 bits per heavy atom. The zero-order valence-corrected chi connectivity index (χ0v) is 16.7. The molecule has 1 aromatic heterocycles. The van der Waals surface area contributed by atoms with Crippen molar-refractivity contribution in [2.75, 3.05) is 5.32 Å². The zero-order chi connectivity index (χ0) is 21.0. The van der Waals surface area contributed by atoms with Gasteiger partial charge in [-0.25, -0.2) is 13.8 Å². The van der Waals surface area contributed by atoms with Crippen LogP contribution in [0.4, 0.5) is 20.3 Å². The first kappa shape index (κ1) is 20.7. The van der Waals surface area contributed by atoms with E-state index in [2.05, 4.69) is 15.6 Å². The number of halogens is 3. The lowest BCUT2D eigenvalue weighted by molar-refractivity contribution is 0.0949. The minimum absolute atomic E-state index is 0.0506. The molecule has 3 rings (SSSR count). The summed E-state index contributed by atoms with van der Waals surface area (Å²) < 4.78 is 26.8. The molecule has 7 heteroatoms. The molecule has 0 unspecified atom stereocenters. The first-order valence-electron chi connectivity index (χ1n) is 9.08. The van der Waals surface area contributed by atoms with Gasteiger partial charge in [0.05, 0.1) is 5.56 Å². The van der Waals surface area contributed by atoms with Crippen LogP contribution in [0, 0.1) is 11.6 Å². The fourth-order valence-corrected chi connectivity index (χ4v) is 3.05. The topological polar surface area (TPSA) is 54.0 Å². The maximum Gasteiger partial charge on any atom is 0.253 e. The fraction of sp³-hybridized carbons (Fsp3) is 0.182. The van der Waals surface area contributed by atoms with Gasteiger partial charge in [0.1, 0.15) is 17.5 Å². The first-order chi connectivity index (χ1) is 13.8. The average Bonchev–Trinajstić information content (AvgIpc) is 2.67. The number of hydrogen-bond donors (Lipinski definition) is 2. The van der Waals surface area contributed by atoms with Crippen molar-refractivity contribution < 1.29 is 13.6 Å². The van der Waals surface area contributed by atoms with Gasteiger partial charge in [0, 0.05) is 35.1 Å². The number of anilines is 2. The van der Waals surface area contributed by atoms with Gasteiger partial charge in [-0.1, -0.05) is 37.6 Å². The molecule has 2 N–H and O–H groups in total. The van der Waals surface area contributed by atoms with Crippen LogP contribution in [0.3, 0.4) is 0 Å². The summed E-state index contributed by atoms with van der Waals surface area (Å²) in [4.78, 5) is 17.0. The third kappa shape index (κ3) is 5.29. The highest BCUT2D eigenvalue weighted by Gasteiger charge is 2.16. The number of carbonyl (C=O) groups excluding carboxylic acids is 1. The fourth-order valence-electron chi connectivity index (χ4n) is 2.86. The Bertz CT molecular complexity index is 1040. The van der Waals surface area contributed by atoms with Crippen LogP contribution in [0.25, 0.3) is 0 Å². The second-order valence-corrected chi connectivity index (χ2v) is 7.30. The largest absolute Gasteiger partial charge is 0.348 e. The van der Waals surface area contributed by atoms with E-state index in [1.54, 1.807) is 18.2 Å². The van der Waals surface area contributed by atoms with E-state index in [4.69, 9.17) is 11.6 Å². The van der Waals surface area contributed by atoms with Crippen molar-refractivity contribution in [2.45, 2.75) is 26.3 Å². The smallest absolute Gasteiger partial charge is 0.253 e. The Morgan fingerprint density at radius 1 is 1.14 bits per heavy atom. The number of carbonyl (C=O) groups is 1. The molecule has 0 fully saturated rings. The van der Waals surface area contributed by atoms with Crippen molar-refractivity contribution >= 4 is 29.0 Å². The van der Waals surface area contributed by atoms with E-state index in [1.807, 2.05) is 26.0 Å². The number of aromatic nitrogens is 1. The van der Waals surface area contributed by atoms with E-state index in [0.29, 0.717) is 16.4 Å². The van der Waals surface area contributed by atoms with E-state index in [9.17, 15) is 13.6 Å². The predicted octanol–water partition coefficient (Wildman–Crippen LogP) is 5.81. The Hall–Kier alpha value is -2.99. The van der Waals surface area contributed by atoms with Crippen LogP contribution >= 0.6 is 11.6 Å². The van der Waals surface area contributed by atoms with E-state index >= 15 is 0 Å². The highest BCUT2D eigenvalue weighted by molar-refractivity contribution is 6.30. The molecule has 0 bridgehead atoms. The van der Waals surface area contributed by atoms with E-state index in [1.165, 1.54) is 12.3 Å². The van der Waals surface area contributed by atoms with Crippen LogP contribution in [0.1, 0.15) is 41.3 Å². The van der Waals surface area contributed by atoms with Gasteiger partial charge in [-0.15, -0.1) is 0 Å². The normalized spacial score (nSPS) is 10.8. The molecule has 1 heterocycles. The van der Waals surface area contributed by atoms with Crippen LogP contribution in [0.5, 0.6) is 0 Å². The van der Waals surface area contributed by atoms with Gasteiger partial charge in [-0.3, -0.25) is 4.79 Å². The molecule has 0 saturated carbocycles. The monoisotopic (exact) mass is 415 g/mol. The number of amides is 1. The van der Waals surface area contributed by atoms with E-state index in [-0.39, 0.29) is 23.9 Å². The van der Waals surface area contributed by atoms with Crippen molar-refractivity contribution in [2.24, 2.45) is 0 Å². The van der Waals surface area contributed by atoms with Gasteiger partial charge in [-0.2, -0.15) is 0 Å². The van der Waals surface area contributed by atoms with Gasteiger partial charge < -0.3 is 10.6 Å². The first-order valence-corrected chi connectivity index (χ1v) is 9.46. The molecule has 0 saturated heterocycles. The van der Waals surface area contributed by atoms with Crippen LogP contribution in [0.15, 0.2) is 54.7 Å². The van der Waals surface area contributed by atoms with Crippen molar-refractivity contribution in [1.82, 2.24) is 10.3 Å². The quantitative estimate of drug-likeness (QED) is 0.534. The second-order valence-electron chi connectivity index (χ2n) is 6.87. The number of nitrogens with one attached hydrogen (secondary N) is 2. The standard InChI is InChI=1S/C22H20ClF2N3O/c1-13(2)18-10-21(28-17-5-3-4-15(23)8-17)26-12-19(18)22(29)27-11-14-6-7-16(24)9-20(14)25/h3-10,12-13H,11H2,1-2H3,(H,26,28)(H,27,29). The van der Waals surface area contributed by atoms with Crippen LogP contribution in [-0.4, -0.2) is 10.9 Å². The molecule has 0 aliphatic rings. The Morgan fingerprint density at radius 2 is 1.93 bits per heavy atom. The number of benzene rings is 2. The molecule has 3 aromatic rings. The summed E-state index contributed by atoms with van der Waals surface area (Å²) in [6.45, 7) is 3.88. The minimum atomic E-state index is -0.700. The lowest BCUT2D eigenvalue weighted by Gasteiger charge is -2.15. The molecule has 0 aliphatic carbocycles. The number of hydrogen-bond acceptors (Lipinski definition) is 3. The molecule has 150 valence electrons. The maximum atomic E-state index is 13.8. The van der Waals surface area contributed by atoms with Crippen molar-refractivity contribution in [1.29, 1.82) is 0 Å². The molecule has 0 spiro atoms. The molecule has 4 nitrogen and oxygen atoms in total. The third-order valence-corrected chi connectivity index (χ3v) is 4.59. The molecule has 1 amide bonds. The maximum absolute atomic E-state index is 13.8. The molecule has 0 atom stereocenters. The zero-order valence-electron chi connectivity index (χ0n) is 16.0. The summed E-state index contributed by atoms with van der Waals surface area (Å²) >= 11 is 6.00. The number of pyridine rings is 1. The Balaban J connectivity index is 1.78. The highest BCUT2D eigenvalue weighted by Crippen LogP contribution is 2.25. The summed E-state index contributed by atoms with van der Waals surface area (Å²) in [6.07, 6.45) is 1.48. The summed E-state index contributed by atoms with van der Waals surface area (Å²) in [6, 6.07) is 12.3. The van der Waals surface area contributed by atoms with Gasteiger partial charge in [0.2, 0.25) is 0 Å². The lowest BCUT2D eigenvalue weighted by Crippen LogP contribution is -2.25. The van der Waals surface area contributed by atoms with Crippen LogP contribution in [0.2, 0.25) is 5.02 Å². The summed E-state index contributed by atoms with van der Waals surface area (Å²) in [7, 11) is 0. The van der Waals surface area contributed by atoms with Gasteiger partial charge in [-0.05, 0) is 41.8 Å². The Kier molecular flexibility index (Phi) is 6.44. The van der Waals surface area contributed by atoms with Crippen LogP contribution < -0.4 is 10.6 Å².